The fourth-order valence-electron chi connectivity index (χ4n) is 2.26. The van der Waals surface area contributed by atoms with Gasteiger partial charge in [0.2, 0.25) is 0 Å². The third-order valence-corrected chi connectivity index (χ3v) is 3.42. The van der Waals surface area contributed by atoms with Crippen molar-refractivity contribution >= 4 is 28.2 Å². The van der Waals surface area contributed by atoms with Gasteiger partial charge in [-0.1, -0.05) is 29.8 Å². The first-order chi connectivity index (χ1) is 9.58. The number of nitro benzene ring substituents is 1. The number of hydrogen-bond donors (Lipinski definition) is 0. The summed E-state index contributed by atoms with van der Waals surface area (Å²) in [6.45, 7) is 0. The number of nitro groups is 1. The van der Waals surface area contributed by atoms with E-state index in [4.69, 9.17) is 11.6 Å². The lowest BCUT2D eigenvalue weighted by molar-refractivity contribution is -0.383. The molecule has 3 rings (SSSR count). The standard InChI is InChI=1S/C14H10ClN3O2/c1-17-11-3-2-4-12(18(19)20)13(11)14(16-17)9-5-7-10(15)8-6-9/h2-8H,1H3. The van der Waals surface area contributed by atoms with Crippen LogP contribution in [-0.4, -0.2) is 14.7 Å². The van der Waals surface area contributed by atoms with Crippen molar-refractivity contribution in [3.8, 4) is 11.3 Å². The van der Waals surface area contributed by atoms with Gasteiger partial charge in [-0.3, -0.25) is 14.8 Å². The summed E-state index contributed by atoms with van der Waals surface area (Å²) in [5.74, 6) is 0. The molecule has 0 N–H and O–H groups in total. The number of benzene rings is 2. The molecule has 0 fully saturated rings. The highest BCUT2D eigenvalue weighted by molar-refractivity contribution is 6.30. The Bertz CT molecular complexity index is 809. The quantitative estimate of drug-likeness (QED) is 0.532. The molecule has 1 aromatic heterocycles. The molecule has 2 aromatic carbocycles. The predicted molar refractivity (Wildman–Crippen MR) is 77.8 cm³/mol. The van der Waals surface area contributed by atoms with Crippen molar-refractivity contribution in [3.63, 3.8) is 0 Å². The molecular weight excluding hydrogens is 278 g/mol. The van der Waals surface area contributed by atoms with Crippen LogP contribution in [0.4, 0.5) is 5.69 Å². The minimum atomic E-state index is -0.385. The lowest BCUT2D eigenvalue weighted by Gasteiger charge is -1.99. The average molecular weight is 288 g/mol. The largest absolute Gasteiger partial charge is 0.281 e. The van der Waals surface area contributed by atoms with Crippen molar-refractivity contribution in [2.75, 3.05) is 0 Å². The van der Waals surface area contributed by atoms with E-state index in [0.29, 0.717) is 16.1 Å². The van der Waals surface area contributed by atoms with Gasteiger partial charge in [-0.05, 0) is 18.2 Å². The number of fused-ring (bicyclic) bond motifs is 1. The van der Waals surface area contributed by atoms with Gasteiger partial charge in [0.1, 0.15) is 11.1 Å². The van der Waals surface area contributed by atoms with E-state index in [1.54, 1.807) is 42.1 Å². The number of non-ortho nitro benzene ring substituents is 1. The van der Waals surface area contributed by atoms with Crippen molar-refractivity contribution in [1.29, 1.82) is 0 Å². The lowest BCUT2D eigenvalue weighted by atomic mass is 10.1. The van der Waals surface area contributed by atoms with Crippen molar-refractivity contribution in [2.45, 2.75) is 0 Å². The van der Waals surface area contributed by atoms with E-state index >= 15 is 0 Å². The zero-order chi connectivity index (χ0) is 14.3. The second-order valence-electron chi connectivity index (χ2n) is 4.41. The van der Waals surface area contributed by atoms with E-state index in [9.17, 15) is 10.1 Å². The van der Waals surface area contributed by atoms with Crippen LogP contribution in [0.5, 0.6) is 0 Å². The highest BCUT2D eigenvalue weighted by Gasteiger charge is 2.20. The first kappa shape index (κ1) is 12.6. The Morgan fingerprint density at radius 1 is 1.20 bits per heavy atom. The normalized spacial score (nSPS) is 10.9. The van der Waals surface area contributed by atoms with E-state index in [2.05, 4.69) is 5.10 Å². The molecule has 5 nitrogen and oxygen atoms in total. The Labute approximate surface area is 119 Å². The van der Waals surface area contributed by atoms with Crippen LogP contribution in [0.1, 0.15) is 0 Å². The zero-order valence-corrected chi connectivity index (χ0v) is 11.3. The fourth-order valence-corrected chi connectivity index (χ4v) is 2.38. The van der Waals surface area contributed by atoms with Gasteiger partial charge in [0.25, 0.3) is 5.69 Å². The zero-order valence-electron chi connectivity index (χ0n) is 10.6. The number of hydrogen-bond acceptors (Lipinski definition) is 3. The van der Waals surface area contributed by atoms with E-state index in [1.165, 1.54) is 6.07 Å². The van der Waals surface area contributed by atoms with Crippen LogP contribution in [-0.2, 0) is 7.05 Å². The molecule has 0 aliphatic heterocycles. The third kappa shape index (κ3) is 1.92. The van der Waals surface area contributed by atoms with E-state index in [0.717, 1.165) is 11.1 Å². The van der Waals surface area contributed by atoms with Gasteiger partial charge in [-0.15, -0.1) is 0 Å². The van der Waals surface area contributed by atoms with Gasteiger partial charge in [-0.25, -0.2) is 0 Å². The van der Waals surface area contributed by atoms with Crippen molar-refractivity contribution in [2.24, 2.45) is 7.05 Å². The van der Waals surface area contributed by atoms with Gasteiger partial charge in [0.15, 0.2) is 0 Å². The SMILES string of the molecule is Cn1nc(-c2ccc(Cl)cc2)c2c([N+](=O)[O-])cccc21. The van der Waals surface area contributed by atoms with Gasteiger partial charge >= 0.3 is 0 Å². The Balaban J connectivity index is 2.36. The Kier molecular flexibility index (Phi) is 2.91. The van der Waals surface area contributed by atoms with Gasteiger partial charge in [0.05, 0.1) is 10.4 Å². The molecule has 0 saturated heterocycles. The summed E-state index contributed by atoms with van der Waals surface area (Å²) in [7, 11) is 1.77. The summed E-state index contributed by atoms with van der Waals surface area (Å²) in [6.07, 6.45) is 0. The van der Waals surface area contributed by atoms with Crippen LogP contribution in [0.25, 0.3) is 22.2 Å². The fraction of sp³-hybridized carbons (Fsp3) is 0.0714. The highest BCUT2D eigenvalue weighted by atomic mass is 35.5. The molecule has 6 heteroatoms. The lowest BCUT2D eigenvalue weighted by Crippen LogP contribution is -1.90. The van der Waals surface area contributed by atoms with Crippen LogP contribution >= 0.6 is 11.6 Å². The molecule has 1 heterocycles. The average Bonchev–Trinajstić information content (AvgIpc) is 2.77. The van der Waals surface area contributed by atoms with Crippen LogP contribution < -0.4 is 0 Å². The molecule has 0 aliphatic rings. The van der Waals surface area contributed by atoms with Crippen molar-refractivity contribution in [1.82, 2.24) is 9.78 Å². The predicted octanol–water partition coefficient (Wildman–Crippen LogP) is 3.80. The summed E-state index contributed by atoms with van der Waals surface area (Å²) in [5, 5.41) is 16.8. The number of halogens is 1. The first-order valence-electron chi connectivity index (χ1n) is 5.94. The minimum Gasteiger partial charge on any atom is -0.267 e. The van der Waals surface area contributed by atoms with Crippen LogP contribution in [0, 0.1) is 10.1 Å². The van der Waals surface area contributed by atoms with Gasteiger partial charge in [-0.2, -0.15) is 5.10 Å². The summed E-state index contributed by atoms with van der Waals surface area (Å²) in [4.78, 5) is 10.8. The second-order valence-corrected chi connectivity index (χ2v) is 4.84. The molecule has 0 saturated carbocycles. The van der Waals surface area contributed by atoms with Crippen LogP contribution in [0.2, 0.25) is 5.02 Å². The molecule has 0 atom stereocenters. The molecule has 20 heavy (non-hydrogen) atoms. The minimum absolute atomic E-state index is 0.0561. The molecule has 3 aromatic rings. The maximum atomic E-state index is 11.2. The van der Waals surface area contributed by atoms with Crippen LogP contribution in [0.3, 0.4) is 0 Å². The molecule has 100 valence electrons. The number of aryl methyl sites for hydroxylation is 1. The molecule has 0 aliphatic carbocycles. The molecule has 0 radical (unpaired) electrons. The molecule has 0 unspecified atom stereocenters. The molecule has 0 bridgehead atoms. The van der Waals surface area contributed by atoms with Crippen molar-refractivity contribution in [3.05, 3.63) is 57.6 Å². The number of rotatable bonds is 2. The number of aromatic nitrogens is 2. The number of nitrogens with zero attached hydrogens (tertiary/aromatic N) is 3. The van der Waals surface area contributed by atoms with Crippen LogP contribution in [0.15, 0.2) is 42.5 Å². The second kappa shape index (κ2) is 4.61. The summed E-state index contributed by atoms with van der Waals surface area (Å²) < 4.78 is 1.65. The van der Waals surface area contributed by atoms with E-state index < -0.39 is 0 Å². The molecule has 0 spiro atoms. The summed E-state index contributed by atoms with van der Waals surface area (Å²) >= 11 is 5.87. The summed E-state index contributed by atoms with van der Waals surface area (Å²) in [6, 6.07) is 12.1. The summed E-state index contributed by atoms with van der Waals surface area (Å²) in [5.41, 5.74) is 2.17. The van der Waals surface area contributed by atoms with Crippen molar-refractivity contribution < 1.29 is 4.92 Å². The smallest absolute Gasteiger partial charge is 0.267 e. The molecular formula is C14H10ClN3O2. The van der Waals surface area contributed by atoms with E-state index in [1.807, 2.05) is 6.07 Å². The Morgan fingerprint density at radius 3 is 2.55 bits per heavy atom. The molecule has 0 amide bonds. The first-order valence-corrected chi connectivity index (χ1v) is 6.32. The highest BCUT2D eigenvalue weighted by Crippen LogP contribution is 2.34. The van der Waals surface area contributed by atoms with Gasteiger partial charge < -0.3 is 0 Å². The van der Waals surface area contributed by atoms with Gasteiger partial charge in [0, 0.05) is 23.7 Å². The maximum absolute atomic E-state index is 11.2. The Morgan fingerprint density at radius 2 is 1.90 bits per heavy atom. The third-order valence-electron chi connectivity index (χ3n) is 3.17. The van der Waals surface area contributed by atoms with E-state index in [-0.39, 0.29) is 10.6 Å². The topological polar surface area (TPSA) is 61.0 Å². The maximum Gasteiger partial charge on any atom is 0.281 e. The Hall–Kier alpha value is -2.40. The monoisotopic (exact) mass is 287 g/mol.